The molecule has 0 unspecified atom stereocenters. The van der Waals surface area contributed by atoms with E-state index in [2.05, 4.69) is 10.0 Å². The second-order valence-electron chi connectivity index (χ2n) is 5.44. The average Bonchev–Trinajstić information content (AvgIpc) is 2.47. The van der Waals surface area contributed by atoms with Gasteiger partial charge in [0, 0.05) is 19.1 Å². The van der Waals surface area contributed by atoms with Crippen molar-refractivity contribution in [1.82, 2.24) is 10.0 Å². The van der Waals surface area contributed by atoms with E-state index in [1.54, 1.807) is 25.3 Å². The summed E-state index contributed by atoms with van der Waals surface area (Å²) < 4.78 is 32.8. The standard InChI is InChI=1S/C14H21ClN2O3S.ClH/c1-20-11-14(6-8-16-9-7-14)10-17-21(18,19)13-5-3-2-4-12(13)15;/h2-5,16-17H,6-11H2,1H3;1H. The summed E-state index contributed by atoms with van der Waals surface area (Å²) in [7, 11) is -1.96. The van der Waals surface area contributed by atoms with Gasteiger partial charge in [0.25, 0.3) is 0 Å². The van der Waals surface area contributed by atoms with Gasteiger partial charge >= 0.3 is 0 Å². The Hall–Kier alpha value is -0.370. The van der Waals surface area contributed by atoms with Gasteiger partial charge in [0.1, 0.15) is 4.90 Å². The van der Waals surface area contributed by atoms with Crippen LogP contribution in [0.3, 0.4) is 0 Å². The number of sulfonamides is 1. The summed E-state index contributed by atoms with van der Waals surface area (Å²) in [5.74, 6) is 0. The summed E-state index contributed by atoms with van der Waals surface area (Å²) in [4.78, 5) is 0.119. The van der Waals surface area contributed by atoms with Gasteiger partial charge in [-0.3, -0.25) is 0 Å². The van der Waals surface area contributed by atoms with E-state index >= 15 is 0 Å². The first kappa shape index (κ1) is 19.7. The molecule has 1 saturated heterocycles. The van der Waals surface area contributed by atoms with Crippen LogP contribution in [0.4, 0.5) is 0 Å². The minimum absolute atomic E-state index is 0. The maximum absolute atomic E-state index is 12.4. The Kier molecular flexibility index (Phi) is 7.58. The van der Waals surface area contributed by atoms with E-state index in [0.29, 0.717) is 13.2 Å². The van der Waals surface area contributed by atoms with Gasteiger partial charge in [-0.1, -0.05) is 23.7 Å². The Labute approximate surface area is 143 Å². The Bertz CT molecular complexity index is 570. The molecule has 1 fully saturated rings. The molecule has 0 aliphatic carbocycles. The number of nitrogens with one attached hydrogen (secondary N) is 2. The molecule has 0 atom stereocenters. The maximum atomic E-state index is 12.4. The van der Waals surface area contributed by atoms with Crippen molar-refractivity contribution < 1.29 is 13.2 Å². The fourth-order valence-corrected chi connectivity index (χ4v) is 4.30. The zero-order valence-electron chi connectivity index (χ0n) is 12.5. The van der Waals surface area contributed by atoms with Crippen LogP contribution in [-0.4, -0.2) is 41.8 Å². The van der Waals surface area contributed by atoms with Gasteiger partial charge in [0.05, 0.1) is 11.6 Å². The third kappa shape index (κ3) is 4.81. The molecular formula is C14H22Cl2N2O3S. The van der Waals surface area contributed by atoms with Crippen LogP contribution in [0.15, 0.2) is 29.2 Å². The first-order chi connectivity index (χ1) is 9.99. The highest BCUT2D eigenvalue weighted by Crippen LogP contribution is 2.29. The number of rotatable bonds is 6. The molecule has 0 bridgehead atoms. The van der Waals surface area contributed by atoms with E-state index in [1.165, 1.54) is 6.07 Å². The van der Waals surface area contributed by atoms with E-state index in [9.17, 15) is 8.42 Å². The van der Waals surface area contributed by atoms with Gasteiger partial charge < -0.3 is 10.1 Å². The smallest absolute Gasteiger partial charge is 0.242 e. The van der Waals surface area contributed by atoms with Crippen molar-refractivity contribution >= 4 is 34.0 Å². The zero-order chi connectivity index (χ0) is 15.3. The number of benzene rings is 1. The minimum atomic E-state index is -3.60. The maximum Gasteiger partial charge on any atom is 0.242 e. The summed E-state index contributed by atoms with van der Waals surface area (Å²) >= 11 is 5.97. The summed E-state index contributed by atoms with van der Waals surface area (Å²) in [6, 6.07) is 6.46. The Morgan fingerprint density at radius 2 is 1.95 bits per heavy atom. The fourth-order valence-electron chi connectivity index (χ4n) is 2.62. The van der Waals surface area contributed by atoms with Gasteiger partial charge in [0.15, 0.2) is 0 Å². The highest BCUT2D eigenvalue weighted by atomic mass is 35.5. The molecule has 0 amide bonds. The van der Waals surface area contributed by atoms with Crippen LogP contribution < -0.4 is 10.0 Å². The molecule has 2 N–H and O–H groups in total. The molecule has 1 aliphatic rings. The summed E-state index contributed by atoms with van der Waals surface area (Å²) in [6.07, 6.45) is 1.76. The molecule has 126 valence electrons. The predicted octanol–water partition coefficient (Wildman–Crippen LogP) is 2.06. The number of methoxy groups -OCH3 is 1. The molecular weight excluding hydrogens is 347 g/mol. The van der Waals surface area contributed by atoms with Crippen LogP contribution in [0, 0.1) is 5.41 Å². The van der Waals surface area contributed by atoms with Gasteiger partial charge in [-0.25, -0.2) is 13.1 Å². The first-order valence-corrected chi connectivity index (χ1v) is 8.79. The predicted molar refractivity (Wildman–Crippen MR) is 90.3 cm³/mol. The van der Waals surface area contributed by atoms with Crippen LogP contribution >= 0.6 is 24.0 Å². The molecule has 1 heterocycles. The van der Waals surface area contributed by atoms with Crippen molar-refractivity contribution in [2.45, 2.75) is 17.7 Å². The second-order valence-corrected chi connectivity index (χ2v) is 7.58. The lowest BCUT2D eigenvalue weighted by atomic mass is 9.80. The van der Waals surface area contributed by atoms with E-state index in [1.807, 2.05) is 0 Å². The number of ether oxygens (including phenoxy) is 1. The summed E-state index contributed by atoms with van der Waals surface area (Å²) in [5.41, 5.74) is -0.158. The third-order valence-electron chi connectivity index (χ3n) is 3.88. The van der Waals surface area contributed by atoms with Crippen molar-refractivity contribution in [3.63, 3.8) is 0 Å². The number of hydrogen-bond acceptors (Lipinski definition) is 4. The topological polar surface area (TPSA) is 67.4 Å². The SMILES string of the molecule is COCC1(CNS(=O)(=O)c2ccccc2Cl)CCNCC1.Cl. The van der Waals surface area contributed by atoms with Gasteiger partial charge in [-0.05, 0) is 38.1 Å². The van der Waals surface area contributed by atoms with Crippen molar-refractivity contribution in [3.05, 3.63) is 29.3 Å². The molecule has 1 aromatic carbocycles. The van der Waals surface area contributed by atoms with E-state index < -0.39 is 10.0 Å². The van der Waals surface area contributed by atoms with Crippen LogP contribution in [-0.2, 0) is 14.8 Å². The lowest BCUT2D eigenvalue weighted by Gasteiger charge is -2.37. The van der Waals surface area contributed by atoms with E-state index in [-0.39, 0.29) is 27.7 Å². The molecule has 0 radical (unpaired) electrons. The molecule has 0 spiro atoms. The molecule has 8 heteroatoms. The van der Waals surface area contributed by atoms with Crippen LogP contribution in [0.1, 0.15) is 12.8 Å². The zero-order valence-corrected chi connectivity index (χ0v) is 14.9. The number of hydrogen-bond donors (Lipinski definition) is 2. The van der Waals surface area contributed by atoms with Crippen molar-refractivity contribution in [2.24, 2.45) is 5.41 Å². The lowest BCUT2D eigenvalue weighted by molar-refractivity contribution is 0.0577. The Balaban J connectivity index is 0.00000242. The lowest BCUT2D eigenvalue weighted by Crippen LogP contribution is -2.47. The van der Waals surface area contributed by atoms with E-state index in [0.717, 1.165) is 25.9 Å². The third-order valence-corrected chi connectivity index (χ3v) is 5.78. The highest BCUT2D eigenvalue weighted by Gasteiger charge is 2.33. The summed E-state index contributed by atoms with van der Waals surface area (Å²) in [5, 5.41) is 3.51. The number of piperidine rings is 1. The fraction of sp³-hybridized carbons (Fsp3) is 0.571. The largest absolute Gasteiger partial charge is 0.384 e. The Morgan fingerprint density at radius 3 is 2.55 bits per heavy atom. The van der Waals surface area contributed by atoms with Gasteiger partial charge in [-0.2, -0.15) is 0 Å². The van der Waals surface area contributed by atoms with Crippen LogP contribution in [0.25, 0.3) is 0 Å². The van der Waals surface area contributed by atoms with Gasteiger partial charge in [-0.15, -0.1) is 12.4 Å². The Morgan fingerprint density at radius 1 is 1.32 bits per heavy atom. The van der Waals surface area contributed by atoms with E-state index in [4.69, 9.17) is 16.3 Å². The monoisotopic (exact) mass is 368 g/mol. The number of halogens is 2. The quantitative estimate of drug-likeness (QED) is 0.806. The van der Waals surface area contributed by atoms with Crippen LogP contribution in [0.2, 0.25) is 5.02 Å². The molecule has 0 aromatic heterocycles. The van der Waals surface area contributed by atoms with Crippen LogP contribution in [0.5, 0.6) is 0 Å². The van der Waals surface area contributed by atoms with Gasteiger partial charge in [0.2, 0.25) is 10.0 Å². The molecule has 1 aromatic rings. The molecule has 5 nitrogen and oxygen atoms in total. The van der Waals surface area contributed by atoms with Crippen molar-refractivity contribution in [2.75, 3.05) is 33.4 Å². The first-order valence-electron chi connectivity index (χ1n) is 6.93. The van der Waals surface area contributed by atoms with Crippen molar-refractivity contribution in [1.29, 1.82) is 0 Å². The summed E-state index contributed by atoms with van der Waals surface area (Å²) in [6.45, 7) is 2.64. The van der Waals surface area contributed by atoms with Crippen molar-refractivity contribution in [3.8, 4) is 0 Å². The minimum Gasteiger partial charge on any atom is -0.384 e. The average molecular weight is 369 g/mol. The second kappa shape index (κ2) is 8.47. The normalized spacial score (nSPS) is 17.7. The molecule has 1 aliphatic heterocycles. The highest BCUT2D eigenvalue weighted by molar-refractivity contribution is 7.89. The molecule has 0 saturated carbocycles. The molecule has 22 heavy (non-hydrogen) atoms. The molecule has 2 rings (SSSR count).